The van der Waals surface area contributed by atoms with Crippen molar-refractivity contribution in [2.75, 3.05) is 5.73 Å². The summed E-state index contributed by atoms with van der Waals surface area (Å²) in [6, 6.07) is 9.35. The molecule has 0 radical (unpaired) electrons. The van der Waals surface area contributed by atoms with Crippen molar-refractivity contribution in [3.8, 4) is 11.5 Å². The number of para-hydroxylation sites is 1. The van der Waals surface area contributed by atoms with Gasteiger partial charge in [-0.3, -0.25) is 0 Å². The molecule has 2 N–H and O–H groups in total. The molecule has 6 heteroatoms. The second-order valence-corrected chi connectivity index (χ2v) is 4.38. The molecule has 0 amide bonds. The average Bonchev–Trinajstić information content (AvgIpc) is 2.90. The number of nitrogen functional groups attached to an aromatic ring is 1. The second-order valence-electron chi connectivity index (χ2n) is 4.38. The lowest BCUT2D eigenvalue weighted by Crippen LogP contribution is -1.95. The summed E-state index contributed by atoms with van der Waals surface area (Å²) in [6.07, 6.45) is 2.17. The van der Waals surface area contributed by atoms with Crippen molar-refractivity contribution < 1.29 is 4.52 Å². The lowest BCUT2D eigenvalue weighted by Gasteiger charge is -2.00. The third-order valence-electron chi connectivity index (χ3n) is 2.87. The molecular formula is C14H13N5O. The van der Waals surface area contributed by atoms with Crippen molar-refractivity contribution in [2.45, 2.75) is 13.3 Å². The van der Waals surface area contributed by atoms with E-state index in [9.17, 15) is 0 Å². The van der Waals surface area contributed by atoms with Gasteiger partial charge in [0.1, 0.15) is 11.5 Å². The van der Waals surface area contributed by atoms with Gasteiger partial charge in [0.05, 0.1) is 6.42 Å². The lowest BCUT2D eigenvalue weighted by molar-refractivity contribution is 0.385. The molecule has 2 heterocycles. The van der Waals surface area contributed by atoms with E-state index in [4.69, 9.17) is 10.3 Å². The van der Waals surface area contributed by atoms with Crippen LogP contribution in [-0.4, -0.2) is 20.1 Å². The molecule has 0 atom stereocenters. The molecule has 2 aromatic heterocycles. The monoisotopic (exact) mass is 267 g/mol. The minimum Gasteiger partial charge on any atom is -0.398 e. The fraction of sp³-hybridized carbons (Fsp3) is 0.143. The Balaban J connectivity index is 1.86. The number of hydrogen-bond acceptors (Lipinski definition) is 6. The van der Waals surface area contributed by atoms with Crippen LogP contribution in [-0.2, 0) is 6.42 Å². The maximum atomic E-state index is 5.90. The van der Waals surface area contributed by atoms with Crippen molar-refractivity contribution in [3.63, 3.8) is 0 Å². The molecular weight excluding hydrogens is 254 g/mol. The second kappa shape index (κ2) is 5.08. The highest BCUT2D eigenvalue weighted by molar-refractivity contribution is 5.49. The largest absolute Gasteiger partial charge is 0.398 e. The van der Waals surface area contributed by atoms with Crippen LogP contribution in [0.25, 0.3) is 11.5 Å². The van der Waals surface area contributed by atoms with Gasteiger partial charge in [-0.25, -0.2) is 9.97 Å². The van der Waals surface area contributed by atoms with E-state index in [0.29, 0.717) is 35.3 Å². The van der Waals surface area contributed by atoms with E-state index >= 15 is 0 Å². The van der Waals surface area contributed by atoms with E-state index < -0.39 is 0 Å². The molecule has 0 saturated heterocycles. The molecule has 20 heavy (non-hydrogen) atoms. The quantitative estimate of drug-likeness (QED) is 0.730. The standard InChI is InChI=1S/C14H13N5O/c1-9-16-7-6-12(17-9)14-18-13(20-19-14)8-10-4-2-3-5-11(10)15/h2-7H,8,15H2,1H3. The fourth-order valence-corrected chi connectivity index (χ4v) is 1.87. The van der Waals surface area contributed by atoms with Gasteiger partial charge in [0, 0.05) is 11.9 Å². The Bertz CT molecular complexity index is 738. The number of aryl methyl sites for hydroxylation is 1. The first kappa shape index (κ1) is 12.3. The van der Waals surface area contributed by atoms with Crippen LogP contribution in [0.2, 0.25) is 0 Å². The Morgan fingerprint density at radius 3 is 2.80 bits per heavy atom. The molecule has 0 aliphatic heterocycles. The maximum Gasteiger partial charge on any atom is 0.231 e. The van der Waals surface area contributed by atoms with Crippen LogP contribution >= 0.6 is 0 Å². The zero-order valence-corrected chi connectivity index (χ0v) is 10.9. The minimum absolute atomic E-state index is 0.458. The summed E-state index contributed by atoms with van der Waals surface area (Å²) >= 11 is 0. The van der Waals surface area contributed by atoms with Gasteiger partial charge >= 0.3 is 0 Å². The first-order valence-corrected chi connectivity index (χ1v) is 6.18. The smallest absolute Gasteiger partial charge is 0.231 e. The van der Waals surface area contributed by atoms with Gasteiger partial charge < -0.3 is 10.3 Å². The summed E-state index contributed by atoms with van der Waals surface area (Å²) in [5.74, 6) is 1.63. The summed E-state index contributed by atoms with van der Waals surface area (Å²) in [5.41, 5.74) is 8.22. The van der Waals surface area contributed by atoms with E-state index in [1.54, 1.807) is 12.3 Å². The van der Waals surface area contributed by atoms with E-state index in [2.05, 4.69) is 20.1 Å². The molecule has 3 aromatic rings. The van der Waals surface area contributed by atoms with E-state index in [1.165, 1.54) is 0 Å². The normalized spacial score (nSPS) is 10.7. The molecule has 0 unspecified atom stereocenters. The van der Waals surface area contributed by atoms with Gasteiger partial charge in [-0.15, -0.1) is 0 Å². The number of anilines is 1. The topological polar surface area (TPSA) is 90.7 Å². The van der Waals surface area contributed by atoms with Crippen LogP contribution in [0, 0.1) is 6.92 Å². The van der Waals surface area contributed by atoms with E-state index in [1.807, 2.05) is 31.2 Å². The highest BCUT2D eigenvalue weighted by atomic mass is 16.5. The van der Waals surface area contributed by atoms with Crippen molar-refractivity contribution in [3.05, 3.63) is 53.8 Å². The highest BCUT2D eigenvalue weighted by Gasteiger charge is 2.11. The molecule has 0 aliphatic rings. The van der Waals surface area contributed by atoms with Gasteiger partial charge in [0.2, 0.25) is 11.7 Å². The number of nitrogens with two attached hydrogens (primary N) is 1. The minimum atomic E-state index is 0.458. The van der Waals surface area contributed by atoms with E-state index in [-0.39, 0.29) is 0 Å². The van der Waals surface area contributed by atoms with Gasteiger partial charge in [-0.2, -0.15) is 4.98 Å². The van der Waals surface area contributed by atoms with Crippen LogP contribution in [0.4, 0.5) is 5.69 Å². The zero-order chi connectivity index (χ0) is 13.9. The first-order chi connectivity index (χ1) is 9.72. The molecule has 6 nitrogen and oxygen atoms in total. The molecule has 0 aliphatic carbocycles. The Morgan fingerprint density at radius 2 is 2.00 bits per heavy atom. The first-order valence-electron chi connectivity index (χ1n) is 6.18. The molecule has 100 valence electrons. The van der Waals surface area contributed by atoms with Crippen LogP contribution in [0.15, 0.2) is 41.1 Å². The third-order valence-corrected chi connectivity index (χ3v) is 2.87. The molecule has 3 rings (SSSR count). The summed E-state index contributed by atoms with van der Waals surface area (Å²) < 4.78 is 5.24. The number of benzene rings is 1. The number of rotatable bonds is 3. The Labute approximate surface area is 115 Å². The number of nitrogens with zero attached hydrogens (tertiary/aromatic N) is 4. The molecule has 0 fully saturated rings. The molecule has 0 saturated carbocycles. The number of aromatic nitrogens is 4. The van der Waals surface area contributed by atoms with Gasteiger partial charge in [0.25, 0.3) is 0 Å². The summed E-state index contributed by atoms with van der Waals surface area (Å²) in [6.45, 7) is 1.81. The third kappa shape index (κ3) is 2.49. The number of hydrogen-bond donors (Lipinski definition) is 1. The summed E-state index contributed by atoms with van der Waals surface area (Å²) in [5, 5.41) is 3.94. The Morgan fingerprint density at radius 1 is 1.15 bits per heavy atom. The molecule has 0 bridgehead atoms. The van der Waals surface area contributed by atoms with Crippen LogP contribution < -0.4 is 5.73 Å². The van der Waals surface area contributed by atoms with Gasteiger partial charge in [0.15, 0.2) is 0 Å². The Kier molecular flexibility index (Phi) is 3.12. The van der Waals surface area contributed by atoms with Crippen molar-refractivity contribution in [1.29, 1.82) is 0 Å². The lowest BCUT2D eigenvalue weighted by atomic mass is 10.1. The average molecular weight is 267 g/mol. The highest BCUT2D eigenvalue weighted by Crippen LogP contribution is 2.17. The molecule has 1 aromatic carbocycles. The van der Waals surface area contributed by atoms with Crippen molar-refractivity contribution in [1.82, 2.24) is 20.1 Å². The van der Waals surface area contributed by atoms with Gasteiger partial charge in [-0.1, -0.05) is 23.4 Å². The van der Waals surface area contributed by atoms with Gasteiger partial charge in [-0.05, 0) is 24.6 Å². The molecule has 0 spiro atoms. The predicted molar refractivity (Wildman–Crippen MR) is 73.7 cm³/mol. The Hall–Kier alpha value is -2.76. The SMILES string of the molecule is Cc1nccc(-c2noc(Cc3ccccc3N)n2)n1. The zero-order valence-electron chi connectivity index (χ0n) is 10.9. The van der Waals surface area contributed by atoms with Crippen molar-refractivity contribution >= 4 is 5.69 Å². The van der Waals surface area contributed by atoms with Crippen molar-refractivity contribution in [2.24, 2.45) is 0 Å². The summed E-state index contributed by atoms with van der Waals surface area (Å²) in [4.78, 5) is 12.6. The van der Waals surface area contributed by atoms with E-state index in [0.717, 1.165) is 5.56 Å². The summed E-state index contributed by atoms with van der Waals surface area (Å²) in [7, 11) is 0. The predicted octanol–water partition coefficient (Wildman–Crippen LogP) is 2.01. The van der Waals surface area contributed by atoms with Crippen LogP contribution in [0.5, 0.6) is 0 Å². The van der Waals surface area contributed by atoms with Crippen LogP contribution in [0.3, 0.4) is 0 Å². The maximum absolute atomic E-state index is 5.90. The van der Waals surface area contributed by atoms with Crippen LogP contribution in [0.1, 0.15) is 17.3 Å². The fourth-order valence-electron chi connectivity index (χ4n) is 1.87.